The van der Waals surface area contributed by atoms with E-state index in [2.05, 4.69) is 14.7 Å². The number of methoxy groups -OCH3 is 1. The van der Waals surface area contributed by atoms with Gasteiger partial charge in [0, 0.05) is 6.42 Å². The maximum Gasteiger partial charge on any atom is 0.290 e. The number of rotatable bonds is 4. The predicted octanol–water partition coefficient (Wildman–Crippen LogP) is 1.48. The quantitative estimate of drug-likeness (QED) is 0.727. The van der Waals surface area contributed by atoms with Gasteiger partial charge in [0.1, 0.15) is 5.75 Å². The third-order valence-electron chi connectivity index (χ3n) is 2.11. The third-order valence-corrected chi connectivity index (χ3v) is 2.11. The predicted molar refractivity (Wildman–Crippen MR) is 55.5 cm³/mol. The molecule has 0 bridgehead atoms. The van der Waals surface area contributed by atoms with Gasteiger partial charge in [-0.1, -0.05) is 17.3 Å². The molecule has 0 saturated heterocycles. The normalized spacial score (nSPS) is 10.1. The number of hydrogen-bond acceptors (Lipinski definition) is 5. The van der Waals surface area contributed by atoms with Crippen LogP contribution in [0.15, 0.2) is 28.8 Å². The van der Waals surface area contributed by atoms with E-state index < -0.39 is 0 Å². The molecule has 1 aromatic heterocycles. The van der Waals surface area contributed by atoms with Gasteiger partial charge in [-0.25, -0.2) is 0 Å². The van der Waals surface area contributed by atoms with Gasteiger partial charge in [0.05, 0.1) is 7.11 Å². The standard InChI is InChI=1S/C11H10N2O3/c1-15-9-4-2-8(3-5-9)6-10-12-11(7-14)16-13-10/h2-5,7H,6H2,1H3. The van der Waals surface area contributed by atoms with Crippen molar-refractivity contribution in [1.29, 1.82) is 0 Å². The lowest BCUT2D eigenvalue weighted by molar-refractivity contribution is 0.108. The molecular weight excluding hydrogens is 208 g/mol. The van der Waals surface area contributed by atoms with Gasteiger partial charge >= 0.3 is 0 Å². The molecule has 0 saturated carbocycles. The van der Waals surface area contributed by atoms with Crippen molar-refractivity contribution in [3.05, 3.63) is 41.5 Å². The summed E-state index contributed by atoms with van der Waals surface area (Å²) in [6, 6.07) is 7.54. The SMILES string of the molecule is COc1ccc(Cc2noc(C=O)n2)cc1. The van der Waals surface area contributed by atoms with Crippen LogP contribution in [0.1, 0.15) is 22.1 Å². The summed E-state index contributed by atoms with van der Waals surface area (Å²) in [5, 5.41) is 3.68. The lowest BCUT2D eigenvalue weighted by Crippen LogP contribution is -1.91. The van der Waals surface area contributed by atoms with Crippen LogP contribution in [0.3, 0.4) is 0 Å². The highest BCUT2D eigenvalue weighted by molar-refractivity contribution is 5.66. The average Bonchev–Trinajstić information content (AvgIpc) is 2.78. The van der Waals surface area contributed by atoms with Gasteiger partial charge in [0.15, 0.2) is 5.82 Å². The van der Waals surface area contributed by atoms with E-state index >= 15 is 0 Å². The molecule has 2 rings (SSSR count). The first-order valence-electron chi connectivity index (χ1n) is 4.72. The van der Waals surface area contributed by atoms with Gasteiger partial charge in [0.2, 0.25) is 6.29 Å². The number of ether oxygens (including phenoxy) is 1. The van der Waals surface area contributed by atoms with Crippen LogP contribution < -0.4 is 4.74 Å². The van der Waals surface area contributed by atoms with E-state index in [-0.39, 0.29) is 5.89 Å². The fourth-order valence-corrected chi connectivity index (χ4v) is 1.31. The number of carbonyl (C=O) groups excluding carboxylic acids is 1. The summed E-state index contributed by atoms with van der Waals surface area (Å²) in [5.41, 5.74) is 1.03. The molecule has 5 heteroatoms. The van der Waals surface area contributed by atoms with Crippen LogP contribution in [0.5, 0.6) is 5.75 Å². The largest absolute Gasteiger partial charge is 0.497 e. The molecule has 0 spiro atoms. The van der Waals surface area contributed by atoms with Gasteiger partial charge in [0.25, 0.3) is 5.89 Å². The zero-order valence-corrected chi connectivity index (χ0v) is 8.71. The molecule has 16 heavy (non-hydrogen) atoms. The monoisotopic (exact) mass is 218 g/mol. The Balaban J connectivity index is 2.10. The summed E-state index contributed by atoms with van der Waals surface area (Å²) < 4.78 is 9.72. The number of benzene rings is 1. The van der Waals surface area contributed by atoms with Gasteiger partial charge in [-0.3, -0.25) is 4.79 Å². The second kappa shape index (κ2) is 4.57. The Hall–Kier alpha value is -2.17. The number of hydrogen-bond donors (Lipinski definition) is 0. The molecular formula is C11H10N2O3. The topological polar surface area (TPSA) is 65.2 Å². The molecule has 0 aliphatic carbocycles. The van der Waals surface area contributed by atoms with Gasteiger partial charge in [-0.2, -0.15) is 4.98 Å². The fourth-order valence-electron chi connectivity index (χ4n) is 1.31. The van der Waals surface area contributed by atoms with E-state index in [1.165, 1.54) is 0 Å². The molecule has 2 aromatic rings. The summed E-state index contributed by atoms with van der Waals surface area (Å²) in [6.45, 7) is 0. The summed E-state index contributed by atoms with van der Waals surface area (Å²) in [4.78, 5) is 14.2. The lowest BCUT2D eigenvalue weighted by atomic mass is 10.1. The first-order valence-corrected chi connectivity index (χ1v) is 4.72. The number of carbonyl (C=O) groups is 1. The van der Waals surface area contributed by atoms with Crippen molar-refractivity contribution in [2.45, 2.75) is 6.42 Å². The molecule has 1 heterocycles. The average molecular weight is 218 g/mol. The van der Waals surface area contributed by atoms with Crippen molar-refractivity contribution in [2.75, 3.05) is 7.11 Å². The molecule has 82 valence electrons. The van der Waals surface area contributed by atoms with E-state index in [1.54, 1.807) is 7.11 Å². The number of aldehydes is 1. The smallest absolute Gasteiger partial charge is 0.290 e. The lowest BCUT2D eigenvalue weighted by Gasteiger charge is -2.00. The Morgan fingerprint density at radius 1 is 1.38 bits per heavy atom. The molecule has 0 N–H and O–H groups in total. The fraction of sp³-hybridized carbons (Fsp3) is 0.182. The van der Waals surface area contributed by atoms with Crippen LogP contribution in [0.2, 0.25) is 0 Å². The van der Waals surface area contributed by atoms with E-state index in [4.69, 9.17) is 4.74 Å². The van der Waals surface area contributed by atoms with Gasteiger partial charge < -0.3 is 9.26 Å². The molecule has 0 atom stereocenters. The molecule has 0 aliphatic rings. The second-order valence-corrected chi connectivity index (χ2v) is 3.19. The minimum Gasteiger partial charge on any atom is -0.497 e. The Labute approximate surface area is 92.0 Å². The molecule has 0 aliphatic heterocycles. The van der Waals surface area contributed by atoms with Gasteiger partial charge in [-0.05, 0) is 17.7 Å². The van der Waals surface area contributed by atoms with Crippen LogP contribution in [-0.4, -0.2) is 23.5 Å². The van der Waals surface area contributed by atoms with E-state index in [0.29, 0.717) is 18.5 Å². The Bertz CT molecular complexity index is 476. The summed E-state index contributed by atoms with van der Waals surface area (Å²) in [7, 11) is 1.62. The van der Waals surface area contributed by atoms with E-state index in [9.17, 15) is 4.79 Å². The Kier molecular flexibility index (Phi) is 2.95. The summed E-state index contributed by atoms with van der Waals surface area (Å²) in [6.07, 6.45) is 1.06. The van der Waals surface area contributed by atoms with E-state index in [0.717, 1.165) is 11.3 Å². The van der Waals surface area contributed by atoms with E-state index in [1.807, 2.05) is 24.3 Å². The third kappa shape index (κ3) is 2.25. The summed E-state index contributed by atoms with van der Waals surface area (Å²) >= 11 is 0. The molecule has 5 nitrogen and oxygen atoms in total. The number of nitrogens with zero attached hydrogens (tertiary/aromatic N) is 2. The Morgan fingerprint density at radius 2 is 2.12 bits per heavy atom. The molecule has 0 amide bonds. The summed E-state index contributed by atoms with van der Waals surface area (Å²) in [5.74, 6) is 1.29. The second-order valence-electron chi connectivity index (χ2n) is 3.19. The van der Waals surface area contributed by atoms with Crippen molar-refractivity contribution >= 4 is 6.29 Å². The molecule has 0 unspecified atom stereocenters. The molecule has 0 radical (unpaired) electrons. The zero-order chi connectivity index (χ0) is 11.4. The number of aromatic nitrogens is 2. The van der Waals surface area contributed by atoms with Crippen molar-refractivity contribution < 1.29 is 14.1 Å². The van der Waals surface area contributed by atoms with Crippen LogP contribution in [-0.2, 0) is 6.42 Å². The van der Waals surface area contributed by atoms with Crippen LogP contribution in [0.4, 0.5) is 0 Å². The first kappa shape index (κ1) is 10.4. The van der Waals surface area contributed by atoms with Crippen molar-refractivity contribution in [1.82, 2.24) is 10.1 Å². The highest BCUT2D eigenvalue weighted by Gasteiger charge is 2.05. The molecule has 0 fully saturated rings. The van der Waals surface area contributed by atoms with Crippen LogP contribution in [0.25, 0.3) is 0 Å². The highest BCUT2D eigenvalue weighted by Crippen LogP contribution is 2.13. The van der Waals surface area contributed by atoms with Crippen molar-refractivity contribution in [2.24, 2.45) is 0 Å². The van der Waals surface area contributed by atoms with Gasteiger partial charge in [-0.15, -0.1) is 0 Å². The van der Waals surface area contributed by atoms with Crippen molar-refractivity contribution in [3.63, 3.8) is 0 Å². The van der Waals surface area contributed by atoms with Crippen molar-refractivity contribution in [3.8, 4) is 5.75 Å². The Morgan fingerprint density at radius 3 is 2.69 bits per heavy atom. The maximum absolute atomic E-state index is 10.3. The van der Waals surface area contributed by atoms with Crippen LogP contribution in [0, 0.1) is 0 Å². The first-order chi connectivity index (χ1) is 7.81. The maximum atomic E-state index is 10.3. The van der Waals surface area contributed by atoms with Crippen LogP contribution >= 0.6 is 0 Å². The zero-order valence-electron chi connectivity index (χ0n) is 8.71. The minimum atomic E-state index is 0.00325. The molecule has 1 aromatic carbocycles. The minimum absolute atomic E-state index is 0.00325. The highest BCUT2D eigenvalue weighted by atomic mass is 16.5.